The Hall–Kier alpha value is -2.86. The van der Waals surface area contributed by atoms with Crippen molar-refractivity contribution >= 4 is 23.2 Å². The van der Waals surface area contributed by atoms with Crippen LogP contribution in [0.3, 0.4) is 0 Å². The van der Waals surface area contributed by atoms with Crippen LogP contribution in [0.25, 0.3) is 0 Å². The molecule has 3 aromatic rings. The summed E-state index contributed by atoms with van der Waals surface area (Å²) in [5.74, 6) is 1.47. The van der Waals surface area contributed by atoms with E-state index in [2.05, 4.69) is 5.32 Å². The summed E-state index contributed by atoms with van der Waals surface area (Å²) in [6.45, 7) is 2.51. The van der Waals surface area contributed by atoms with Crippen molar-refractivity contribution in [2.75, 3.05) is 12.4 Å². The summed E-state index contributed by atoms with van der Waals surface area (Å²) >= 11 is 1.50. The highest BCUT2D eigenvalue weighted by atomic mass is 32.1. The molecule has 25 heavy (non-hydrogen) atoms. The second kappa shape index (κ2) is 7.81. The number of anilines is 1. The van der Waals surface area contributed by atoms with Gasteiger partial charge in [-0.2, -0.15) is 0 Å². The zero-order valence-electron chi connectivity index (χ0n) is 14.2. The maximum Gasteiger partial charge on any atom is 0.218 e. The van der Waals surface area contributed by atoms with Gasteiger partial charge < -0.3 is 10.1 Å². The second-order valence-electron chi connectivity index (χ2n) is 5.50. The van der Waals surface area contributed by atoms with Crippen molar-refractivity contribution in [2.45, 2.75) is 13.5 Å². The number of aromatic nitrogens is 1. The number of hydrogen-bond donors (Lipinski definition) is 2. The van der Waals surface area contributed by atoms with E-state index >= 15 is 0 Å². The minimum absolute atomic E-state index is 0.416. The van der Waals surface area contributed by atoms with Crippen LogP contribution in [0.2, 0.25) is 0 Å². The number of aliphatic imine (C=N–C) groups is 1. The van der Waals surface area contributed by atoms with E-state index in [-0.39, 0.29) is 0 Å². The van der Waals surface area contributed by atoms with E-state index in [1.807, 2.05) is 67.6 Å². The monoisotopic (exact) mass is 352 g/mol. The maximum absolute atomic E-state index is 8.16. The Bertz CT molecular complexity index is 911. The molecule has 0 atom stereocenters. The number of methoxy groups -OCH3 is 1. The van der Waals surface area contributed by atoms with Gasteiger partial charge in [-0.1, -0.05) is 41.9 Å². The van der Waals surface area contributed by atoms with E-state index in [9.17, 15) is 0 Å². The van der Waals surface area contributed by atoms with Crippen molar-refractivity contribution in [1.29, 1.82) is 5.41 Å². The lowest BCUT2D eigenvalue weighted by molar-refractivity contribution is 0.414. The Morgan fingerprint density at radius 2 is 1.88 bits per heavy atom. The minimum atomic E-state index is 0.416. The lowest BCUT2D eigenvalue weighted by Crippen LogP contribution is -2.28. The van der Waals surface area contributed by atoms with Gasteiger partial charge in [-0.25, -0.2) is 8.95 Å². The Morgan fingerprint density at radius 1 is 1.16 bits per heavy atom. The first-order valence-corrected chi connectivity index (χ1v) is 8.67. The number of rotatable bonds is 4. The fourth-order valence-corrected chi connectivity index (χ4v) is 3.12. The molecule has 0 aliphatic rings. The summed E-state index contributed by atoms with van der Waals surface area (Å²) in [5, 5.41) is 11.5. The molecule has 0 saturated heterocycles. The predicted molar refractivity (Wildman–Crippen MR) is 102 cm³/mol. The molecule has 0 fully saturated rings. The minimum Gasteiger partial charge on any atom is -0.497 e. The third-order valence-corrected chi connectivity index (χ3v) is 4.54. The summed E-state index contributed by atoms with van der Waals surface area (Å²) < 4.78 is 6.98. The molecule has 5 nitrogen and oxygen atoms in total. The van der Waals surface area contributed by atoms with Crippen LogP contribution < -0.4 is 15.5 Å². The van der Waals surface area contributed by atoms with E-state index in [0.29, 0.717) is 18.0 Å². The van der Waals surface area contributed by atoms with Crippen LogP contribution in [0.15, 0.2) is 65.7 Å². The van der Waals surface area contributed by atoms with Gasteiger partial charge in [-0.05, 0) is 42.8 Å². The average molecular weight is 352 g/mol. The first-order chi connectivity index (χ1) is 12.2. The molecule has 1 heterocycles. The predicted octanol–water partition coefficient (Wildman–Crippen LogP) is 3.86. The van der Waals surface area contributed by atoms with Gasteiger partial charge in [0.15, 0.2) is 0 Å². The van der Waals surface area contributed by atoms with Gasteiger partial charge in [0, 0.05) is 10.6 Å². The molecule has 0 aliphatic heterocycles. The first-order valence-electron chi connectivity index (χ1n) is 7.90. The number of ether oxygens (including phenoxy) is 1. The fourth-order valence-electron chi connectivity index (χ4n) is 2.33. The molecule has 0 radical (unpaired) electrons. The smallest absolute Gasteiger partial charge is 0.218 e. The van der Waals surface area contributed by atoms with Crippen molar-refractivity contribution in [3.8, 4) is 5.75 Å². The molecule has 0 bridgehead atoms. The van der Waals surface area contributed by atoms with E-state index in [0.717, 1.165) is 21.9 Å². The molecule has 3 rings (SSSR count). The zero-order valence-corrected chi connectivity index (χ0v) is 15.0. The quantitative estimate of drug-likeness (QED) is 0.553. The third-order valence-electron chi connectivity index (χ3n) is 3.59. The van der Waals surface area contributed by atoms with Crippen LogP contribution in [-0.2, 0) is 6.54 Å². The van der Waals surface area contributed by atoms with Crippen molar-refractivity contribution in [3.05, 3.63) is 76.6 Å². The molecule has 0 amide bonds. The van der Waals surface area contributed by atoms with Gasteiger partial charge in [0.2, 0.25) is 5.96 Å². The van der Waals surface area contributed by atoms with Gasteiger partial charge in [0.1, 0.15) is 11.2 Å². The van der Waals surface area contributed by atoms with E-state index in [1.54, 1.807) is 11.1 Å². The second-order valence-corrected chi connectivity index (χ2v) is 6.70. The first kappa shape index (κ1) is 17.0. The molecule has 128 valence electrons. The van der Waals surface area contributed by atoms with E-state index in [4.69, 9.17) is 15.1 Å². The molecule has 0 spiro atoms. The number of aryl methyl sites for hydroxylation is 1. The Kier molecular flexibility index (Phi) is 5.30. The van der Waals surface area contributed by atoms with Crippen LogP contribution in [0.5, 0.6) is 5.75 Å². The summed E-state index contributed by atoms with van der Waals surface area (Å²) in [6, 6.07) is 19.5. The highest BCUT2D eigenvalue weighted by Gasteiger charge is 2.07. The highest BCUT2D eigenvalue weighted by molar-refractivity contribution is 7.07. The van der Waals surface area contributed by atoms with Gasteiger partial charge in [-0.15, -0.1) is 0 Å². The molecule has 0 saturated carbocycles. The Balaban J connectivity index is 1.89. The molecule has 6 heteroatoms. The molecule has 0 aliphatic carbocycles. The number of nitrogens with zero attached hydrogens (tertiary/aromatic N) is 2. The maximum atomic E-state index is 8.16. The highest BCUT2D eigenvalue weighted by Crippen LogP contribution is 2.13. The van der Waals surface area contributed by atoms with Crippen LogP contribution >= 0.6 is 11.5 Å². The van der Waals surface area contributed by atoms with Crippen LogP contribution in [-0.4, -0.2) is 17.0 Å². The SMILES string of the molecule is COc1ccc(CN=C(Nc2ccccc2)n2sc(C)cc2=N)cc1. The Morgan fingerprint density at radius 3 is 2.48 bits per heavy atom. The van der Waals surface area contributed by atoms with Crippen molar-refractivity contribution in [3.63, 3.8) is 0 Å². The van der Waals surface area contributed by atoms with Gasteiger partial charge in [0.05, 0.1) is 13.7 Å². The molecular formula is C19H20N4OS. The molecule has 1 aromatic heterocycles. The molecular weight excluding hydrogens is 332 g/mol. The number of benzene rings is 2. The summed E-state index contributed by atoms with van der Waals surface area (Å²) in [5.41, 5.74) is 2.43. The Labute approximate surface area is 150 Å². The van der Waals surface area contributed by atoms with Crippen molar-refractivity contribution < 1.29 is 4.74 Å². The van der Waals surface area contributed by atoms with Gasteiger partial charge in [0.25, 0.3) is 0 Å². The number of para-hydroxylation sites is 1. The molecule has 2 aromatic carbocycles. The lowest BCUT2D eigenvalue weighted by Gasteiger charge is -2.10. The third kappa shape index (κ3) is 4.36. The van der Waals surface area contributed by atoms with Crippen molar-refractivity contribution in [1.82, 2.24) is 3.96 Å². The molecule has 0 unspecified atom stereocenters. The molecule has 2 N–H and O–H groups in total. The van der Waals surface area contributed by atoms with Gasteiger partial charge >= 0.3 is 0 Å². The topological polar surface area (TPSA) is 62.4 Å². The van der Waals surface area contributed by atoms with Crippen LogP contribution in [0.1, 0.15) is 10.4 Å². The van der Waals surface area contributed by atoms with E-state index < -0.39 is 0 Å². The largest absolute Gasteiger partial charge is 0.497 e. The summed E-state index contributed by atoms with van der Waals surface area (Å²) in [4.78, 5) is 5.77. The lowest BCUT2D eigenvalue weighted by atomic mass is 10.2. The summed E-state index contributed by atoms with van der Waals surface area (Å²) in [7, 11) is 1.65. The van der Waals surface area contributed by atoms with Crippen molar-refractivity contribution in [2.24, 2.45) is 4.99 Å². The van der Waals surface area contributed by atoms with Crippen LogP contribution in [0.4, 0.5) is 5.69 Å². The van der Waals surface area contributed by atoms with E-state index in [1.165, 1.54) is 11.5 Å². The standard InChI is InChI=1S/C19H20N4OS/c1-14-12-18(20)23(25-14)19(22-16-6-4-3-5-7-16)21-13-15-8-10-17(24-2)11-9-15/h3-12,20H,13H2,1-2H3,(H,21,22). The number of nitrogens with one attached hydrogen (secondary N) is 2. The average Bonchev–Trinajstić information content (AvgIpc) is 2.98. The number of hydrogen-bond acceptors (Lipinski definition) is 4. The van der Waals surface area contributed by atoms with Gasteiger partial charge in [-0.3, -0.25) is 5.41 Å². The normalized spacial score (nSPS) is 11.4. The zero-order chi connectivity index (χ0) is 17.6. The van der Waals surface area contributed by atoms with Crippen LogP contribution in [0, 0.1) is 12.3 Å². The summed E-state index contributed by atoms with van der Waals surface area (Å²) in [6.07, 6.45) is 0. The fraction of sp³-hybridized carbons (Fsp3) is 0.158.